The topological polar surface area (TPSA) is 66.2 Å². The van der Waals surface area contributed by atoms with Gasteiger partial charge in [-0.3, -0.25) is 4.99 Å². The van der Waals surface area contributed by atoms with Gasteiger partial charge in [0.15, 0.2) is 5.96 Å². The lowest BCUT2D eigenvalue weighted by molar-refractivity contribution is 0.629. The van der Waals surface area contributed by atoms with Gasteiger partial charge in [-0.25, -0.2) is 4.39 Å². The van der Waals surface area contributed by atoms with Gasteiger partial charge in [0, 0.05) is 29.7 Å². The van der Waals surface area contributed by atoms with E-state index in [1.807, 2.05) is 6.20 Å². The van der Waals surface area contributed by atoms with Crippen LogP contribution in [0.15, 0.2) is 29.4 Å². The first-order valence-electron chi connectivity index (χ1n) is 6.92. The second-order valence-corrected chi connectivity index (χ2v) is 4.97. The molecule has 108 valence electrons. The molecule has 2 aromatic rings. The molecular formula is C15H21FN4. The molecule has 20 heavy (non-hydrogen) atoms. The van der Waals surface area contributed by atoms with Gasteiger partial charge in [-0.15, -0.1) is 0 Å². The molecule has 0 radical (unpaired) electrons. The summed E-state index contributed by atoms with van der Waals surface area (Å²) in [5.41, 5.74) is 7.79. The van der Waals surface area contributed by atoms with Crippen LogP contribution >= 0.6 is 0 Å². The lowest BCUT2D eigenvalue weighted by Gasteiger charge is -2.11. The summed E-state index contributed by atoms with van der Waals surface area (Å²) in [6, 6.07) is 5.07. The number of guanidine groups is 1. The number of rotatable bonds is 5. The third-order valence-corrected chi connectivity index (χ3v) is 3.40. The molecule has 1 unspecified atom stereocenters. The van der Waals surface area contributed by atoms with Gasteiger partial charge in [-0.2, -0.15) is 0 Å². The predicted octanol–water partition coefficient (Wildman–Crippen LogP) is 2.55. The smallest absolute Gasteiger partial charge is 0.188 e. The number of aromatic nitrogens is 1. The van der Waals surface area contributed by atoms with Crippen LogP contribution in [0.3, 0.4) is 0 Å². The van der Waals surface area contributed by atoms with Crippen LogP contribution in [0.25, 0.3) is 10.9 Å². The van der Waals surface area contributed by atoms with Crippen molar-refractivity contribution in [1.29, 1.82) is 0 Å². The first-order chi connectivity index (χ1) is 9.60. The molecule has 0 aliphatic carbocycles. The number of halogens is 1. The van der Waals surface area contributed by atoms with Crippen LogP contribution in [-0.2, 0) is 6.42 Å². The summed E-state index contributed by atoms with van der Waals surface area (Å²) in [5, 5.41) is 4.03. The number of hydrogen-bond acceptors (Lipinski definition) is 1. The maximum absolute atomic E-state index is 13.3. The minimum atomic E-state index is -0.222. The van der Waals surface area contributed by atoms with E-state index in [0.717, 1.165) is 29.3 Å². The van der Waals surface area contributed by atoms with E-state index in [1.54, 1.807) is 12.1 Å². The van der Waals surface area contributed by atoms with Gasteiger partial charge in [0.1, 0.15) is 5.82 Å². The number of H-pyrrole nitrogens is 1. The molecule has 1 atom stereocenters. The maximum Gasteiger partial charge on any atom is 0.188 e. The Balaban J connectivity index is 1.99. The third kappa shape index (κ3) is 3.50. The highest BCUT2D eigenvalue weighted by molar-refractivity contribution is 5.83. The maximum atomic E-state index is 13.3. The number of aromatic amines is 1. The van der Waals surface area contributed by atoms with Crippen LogP contribution in [-0.4, -0.2) is 23.5 Å². The average molecular weight is 276 g/mol. The average Bonchev–Trinajstić information content (AvgIpc) is 2.81. The molecular weight excluding hydrogens is 255 g/mol. The van der Waals surface area contributed by atoms with Gasteiger partial charge in [0.25, 0.3) is 0 Å². The number of benzene rings is 1. The Morgan fingerprint density at radius 3 is 3.05 bits per heavy atom. The number of aliphatic imine (C=N–C) groups is 1. The van der Waals surface area contributed by atoms with Crippen molar-refractivity contribution in [2.45, 2.75) is 32.7 Å². The molecule has 0 amide bonds. The fourth-order valence-corrected chi connectivity index (χ4v) is 2.05. The Morgan fingerprint density at radius 2 is 2.30 bits per heavy atom. The normalized spacial score (nSPS) is 13.7. The fraction of sp³-hybridized carbons (Fsp3) is 0.400. The lowest BCUT2D eigenvalue weighted by atomic mass is 10.1. The zero-order chi connectivity index (χ0) is 14.5. The lowest BCUT2D eigenvalue weighted by Crippen LogP contribution is -2.38. The van der Waals surface area contributed by atoms with Gasteiger partial charge in [0.2, 0.25) is 0 Å². The summed E-state index contributed by atoms with van der Waals surface area (Å²) in [6.07, 6.45) is 3.63. The molecule has 1 aromatic carbocycles. The number of nitrogens with zero attached hydrogens (tertiary/aromatic N) is 1. The van der Waals surface area contributed by atoms with Crippen LogP contribution in [0.5, 0.6) is 0 Å². The molecule has 0 saturated heterocycles. The van der Waals surface area contributed by atoms with E-state index in [1.165, 1.54) is 6.07 Å². The van der Waals surface area contributed by atoms with Crippen molar-refractivity contribution in [1.82, 2.24) is 10.3 Å². The van der Waals surface area contributed by atoms with Crippen LogP contribution < -0.4 is 11.1 Å². The second-order valence-electron chi connectivity index (χ2n) is 4.97. The first-order valence-corrected chi connectivity index (χ1v) is 6.92. The highest BCUT2D eigenvalue weighted by Crippen LogP contribution is 2.19. The van der Waals surface area contributed by atoms with Crippen LogP contribution in [0.2, 0.25) is 0 Å². The van der Waals surface area contributed by atoms with Gasteiger partial charge >= 0.3 is 0 Å². The number of nitrogens with two attached hydrogens (primary N) is 1. The molecule has 2 rings (SSSR count). The van der Waals surface area contributed by atoms with Gasteiger partial charge in [-0.1, -0.05) is 6.92 Å². The summed E-state index contributed by atoms with van der Waals surface area (Å²) in [5.74, 6) is 0.241. The van der Waals surface area contributed by atoms with Crippen LogP contribution in [0.4, 0.5) is 4.39 Å². The molecule has 0 aliphatic rings. The summed E-state index contributed by atoms with van der Waals surface area (Å²) in [6.45, 7) is 4.73. The second kappa shape index (κ2) is 6.41. The van der Waals surface area contributed by atoms with E-state index < -0.39 is 0 Å². The first kappa shape index (κ1) is 14.4. The highest BCUT2D eigenvalue weighted by atomic mass is 19.1. The van der Waals surface area contributed by atoms with Crippen LogP contribution in [0.1, 0.15) is 25.8 Å². The highest BCUT2D eigenvalue weighted by Gasteiger charge is 2.05. The molecule has 1 heterocycles. The van der Waals surface area contributed by atoms with Gasteiger partial charge in [-0.05, 0) is 43.5 Å². The molecule has 5 heteroatoms. The van der Waals surface area contributed by atoms with E-state index >= 15 is 0 Å². The summed E-state index contributed by atoms with van der Waals surface area (Å²) in [4.78, 5) is 7.42. The van der Waals surface area contributed by atoms with Crippen molar-refractivity contribution < 1.29 is 4.39 Å². The van der Waals surface area contributed by atoms with Crippen molar-refractivity contribution in [2.75, 3.05) is 6.54 Å². The van der Waals surface area contributed by atoms with Crippen LogP contribution in [0, 0.1) is 5.82 Å². The molecule has 0 aliphatic heterocycles. The zero-order valence-electron chi connectivity index (χ0n) is 11.9. The molecule has 4 nitrogen and oxygen atoms in total. The van der Waals surface area contributed by atoms with E-state index in [9.17, 15) is 4.39 Å². The fourth-order valence-electron chi connectivity index (χ4n) is 2.05. The monoisotopic (exact) mass is 276 g/mol. The largest absolute Gasteiger partial charge is 0.370 e. The Labute approximate surface area is 118 Å². The minimum absolute atomic E-state index is 0.222. The Bertz CT molecular complexity index is 603. The molecule has 0 bridgehead atoms. The van der Waals surface area contributed by atoms with Crippen molar-refractivity contribution in [3.05, 3.63) is 35.8 Å². The van der Waals surface area contributed by atoms with Crippen molar-refractivity contribution in [3.8, 4) is 0 Å². The van der Waals surface area contributed by atoms with Crippen molar-refractivity contribution >= 4 is 16.9 Å². The quantitative estimate of drug-likeness (QED) is 0.580. The zero-order valence-corrected chi connectivity index (χ0v) is 11.9. The van der Waals surface area contributed by atoms with E-state index in [0.29, 0.717) is 18.5 Å². The van der Waals surface area contributed by atoms with Gasteiger partial charge in [0.05, 0.1) is 0 Å². The number of hydrogen-bond donors (Lipinski definition) is 3. The molecule has 4 N–H and O–H groups in total. The summed E-state index contributed by atoms with van der Waals surface area (Å²) in [7, 11) is 0. The summed E-state index contributed by atoms with van der Waals surface area (Å²) < 4.78 is 13.3. The minimum Gasteiger partial charge on any atom is -0.370 e. The molecule has 0 spiro atoms. The number of nitrogens with one attached hydrogen (secondary N) is 2. The van der Waals surface area contributed by atoms with E-state index in [4.69, 9.17) is 5.73 Å². The predicted molar refractivity (Wildman–Crippen MR) is 81.3 cm³/mol. The van der Waals surface area contributed by atoms with Gasteiger partial charge < -0.3 is 16.0 Å². The molecule has 0 saturated carbocycles. The Hall–Kier alpha value is -2.04. The Kier molecular flexibility index (Phi) is 4.61. The SMILES string of the molecule is CCC(C)NC(N)=NCCc1c[nH]c2ccc(F)cc12. The summed E-state index contributed by atoms with van der Waals surface area (Å²) >= 11 is 0. The molecule has 1 aromatic heterocycles. The molecule has 0 fully saturated rings. The van der Waals surface area contributed by atoms with E-state index in [2.05, 4.69) is 29.1 Å². The van der Waals surface area contributed by atoms with Crippen molar-refractivity contribution in [2.24, 2.45) is 10.7 Å². The Morgan fingerprint density at radius 1 is 1.50 bits per heavy atom. The third-order valence-electron chi connectivity index (χ3n) is 3.40. The standard InChI is InChI=1S/C15H21FN4/c1-3-10(2)20-15(17)18-7-6-11-9-19-14-5-4-12(16)8-13(11)14/h4-5,8-10,19H,3,6-7H2,1-2H3,(H3,17,18,20). The number of fused-ring (bicyclic) bond motifs is 1. The van der Waals surface area contributed by atoms with E-state index in [-0.39, 0.29) is 5.82 Å². The van der Waals surface area contributed by atoms with Crippen molar-refractivity contribution in [3.63, 3.8) is 0 Å².